The van der Waals surface area contributed by atoms with E-state index >= 15 is 0 Å². The van der Waals surface area contributed by atoms with Gasteiger partial charge in [-0.05, 0) is 0 Å². The van der Waals surface area contributed by atoms with Crippen LogP contribution in [0.1, 0.15) is 72.3 Å². The van der Waals surface area contributed by atoms with Gasteiger partial charge in [-0.3, -0.25) is 0 Å². The van der Waals surface area contributed by atoms with Crippen molar-refractivity contribution in [1.82, 2.24) is 15.0 Å². The van der Waals surface area contributed by atoms with Crippen molar-refractivity contribution in [3.8, 4) is 0 Å². The van der Waals surface area contributed by atoms with E-state index in [-0.39, 0.29) is 5.97 Å². The third-order valence-corrected chi connectivity index (χ3v) is 20.0. The molecular formula is C18H35N3O2Sn. The molecule has 6 heteroatoms. The van der Waals surface area contributed by atoms with Crippen LogP contribution in [0.15, 0.2) is 6.20 Å². The SMILES string of the molecule is CCC[CH2][Sn]([CH2]CCC)([CH2]CCC)[c]1cn(C(C)C(=O)OC)nn1. The first-order valence-electron chi connectivity index (χ1n) is 9.54. The van der Waals surface area contributed by atoms with Gasteiger partial charge >= 0.3 is 151 Å². The average Bonchev–Trinajstić information content (AvgIpc) is 3.10. The number of methoxy groups -OCH3 is 1. The van der Waals surface area contributed by atoms with E-state index in [0.717, 1.165) is 0 Å². The molecule has 0 saturated carbocycles. The average molecular weight is 444 g/mol. The summed E-state index contributed by atoms with van der Waals surface area (Å²) in [5.74, 6) is -0.261. The van der Waals surface area contributed by atoms with Gasteiger partial charge in [-0.1, -0.05) is 0 Å². The number of hydrogen-bond donors (Lipinski definition) is 0. The van der Waals surface area contributed by atoms with Crippen LogP contribution in [0.2, 0.25) is 13.3 Å². The van der Waals surface area contributed by atoms with Crippen molar-refractivity contribution in [2.24, 2.45) is 0 Å². The van der Waals surface area contributed by atoms with Crippen LogP contribution < -0.4 is 3.71 Å². The summed E-state index contributed by atoms with van der Waals surface area (Å²) < 4.78 is 11.9. The summed E-state index contributed by atoms with van der Waals surface area (Å²) in [6.07, 6.45) is 9.67. The molecule has 1 aromatic heterocycles. The van der Waals surface area contributed by atoms with Gasteiger partial charge in [-0.15, -0.1) is 0 Å². The molecular weight excluding hydrogens is 409 g/mol. The van der Waals surface area contributed by atoms with E-state index in [2.05, 4.69) is 37.3 Å². The summed E-state index contributed by atoms with van der Waals surface area (Å²) in [6, 6.07) is -0.399. The molecule has 1 unspecified atom stereocenters. The molecule has 0 radical (unpaired) electrons. The number of carbonyl (C=O) groups excluding carboxylic acids is 1. The maximum atomic E-state index is 11.8. The molecule has 1 heterocycles. The predicted molar refractivity (Wildman–Crippen MR) is 101 cm³/mol. The Morgan fingerprint density at radius 1 is 1.12 bits per heavy atom. The third-order valence-electron chi connectivity index (χ3n) is 5.02. The molecule has 0 aromatic carbocycles. The van der Waals surface area contributed by atoms with Crippen molar-refractivity contribution in [3.63, 3.8) is 0 Å². The Morgan fingerprint density at radius 3 is 2.04 bits per heavy atom. The molecule has 5 nitrogen and oxygen atoms in total. The number of rotatable bonds is 12. The van der Waals surface area contributed by atoms with Gasteiger partial charge in [0.05, 0.1) is 0 Å². The zero-order valence-electron chi connectivity index (χ0n) is 16.2. The molecule has 24 heavy (non-hydrogen) atoms. The Kier molecular flexibility index (Phi) is 9.93. The van der Waals surface area contributed by atoms with Gasteiger partial charge in [0, 0.05) is 0 Å². The van der Waals surface area contributed by atoms with Crippen LogP contribution in [0.25, 0.3) is 0 Å². The molecule has 0 spiro atoms. The van der Waals surface area contributed by atoms with Gasteiger partial charge in [-0.25, -0.2) is 0 Å². The monoisotopic (exact) mass is 445 g/mol. The first-order chi connectivity index (χ1) is 11.5. The van der Waals surface area contributed by atoms with Gasteiger partial charge in [-0.2, -0.15) is 0 Å². The minimum absolute atomic E-state index is 0.261. The van der Waals surface area contributed by atoms with E-state index < -0.39 is 24.4 Å². The van der Waals surface area contributed by atoms with Gasteiger partial charge in [0.15, 0.2) is 0 Å². The molecule has 0 aliphatic heterocycles. The van der Waals surface area contributed by atoms with E-state index in [1.165, 1.54) is 62.7 Å². The standard InChI is InChI=1S/C6H8N3O2.3C4H9.Sn/c1-5(6(10)11-2)9-4-3-7-8-9;3*1-3-4-2;/h4-5H,1-2H3;3*1,3-4H2,2H3;. The summed E-state index contributed by atoms with van der Waals surface area (Å²) in [6.45, 7) is 8.64. The summed E-state index contributed by atoms with van der Waals surface area (Å²) in [4.78, 5) is 11.8. The maximum absolute atomic E-state index is 11.8. The van der Waals surface area contributed by atoms with Gasteiger partial charge in [0.1, 0.15) is 0 Å². The molecule has 1 rings (SSSR count). The van der Waals surface area contributed by atoms with E-state index in [1.807, 2.05) is 6.92 Å². The van der Waals surface area contributed by atoms with Crippen LogP contribution in [0.4, 0.5) is 0 Å². The Bertz CT molecular complexity index is 469. The summed E-state index contributed by atoms with van der Waals surface area (Å²) >= 11 is -2.54. The number of ether oxygens (including phenoxy) is 1. The van der Waals surface area contributed by atoms with Crippen molar-refractivity contribution in [1.29, 1.82) is 0 Å². The second-order valence-corrected chi connectivity index (χ2v) is 19.9. The number of esters is 1. The number of nitrogens with zero attached hydrogens (tertiary/aromatic N) is 3. The number of hydrogen-bond acceptors (Lipinski definition) is 4. The van der Waals surface area contributed by atoms with Crippen LogP contribution >= 0.6 is 0 Å². The van der Waals surface area contributed by atoms with Crippen LogP contribution in [-0.2, 0) is 9.53 Å². The van der Waals surface area contributed by atoms with Gasteiger partial charge < -0.3 is 0 Å². The van der Waals surface area contributed by atoms with Crippen molar-refractivity contribution in [3.05, 3.63) is 6.20 Å². The Labute approximate surface area is 151 Å². The summed E-state index contributed by atoms with van der Waals surface area (Å²) in [5, 5.41) is 8.88. The first-order valence-corrected chi connectivity index (χ1v) is 17.0. The van der Waals surface area contributed by atoms with Gasteiger partial charge in [0.25, 0.3) is 0 Å². The molecule has 1 atom stereocenters. The molecule has 138 valence electrons. The Balaban J connectivity index is 3.11. The molecule has 0 amide bonds. The topological polar surface area (TPSA) is 57.0 Å². The fraction of sp³-hybridized carbons (Fsp3) is 0.833. The Hall–Kier alpha value is -0.591. The summed E-state index contributed by atoms with van der Waals surface area (Å²) in [7, 11) is 1.42. The van der Waals surface area contributed by atoms with Crippen molar-refractivity contribution < 1.29 is 9.53 Å². The van der Waals surface area contributed by atoms with Crippen molar-refractivity contribution >= 4 is 28.1 Å². The fourth-order valence-electron chi connectivity index (χ4n) is 3.29. The molecule has 0 N–H and O–H groups in total. The molecule has 0 aliphatic rings. The third kappa shape index (κ3) is 5.74. The van der Waals surface area contributed by atoms with Crippen LogP contribution in [-0.4, -0.2) is 46.4 Å². The van der Waals surface area contributed by atoms with E-state index in [0.29, 0.717) is 0 Å². The summed E-state index contributed by atoms with van der Waals surface area (Å²) in [5.41, 5.74) is 0. The van der Waals surface area contributed by atoms with Crippen LogP contribution in [0.5, 0.6) is 0 Å². The molecule has 1 aromatic rings. The Morgan fingerprint density at radius 2 is 1.62 bits per heavy atom. The quantitative estimate of drug-likeness (QED) is 0.361. The predicted octanol–water partition coefficient (Wildman–Crippen LogP) is 4.07. The first kappa shape index (κ1) is 21.5. The molecule has 0 bridgehead atoms. The zero-order valence-corrected chi connectivity index (χ0v) is 19.0. The number of unbranched alkanes of at least 4 members (excludes halogenated alkanes) is 3. The minimum atomic E-state index is -2.54. The van der Waals surface area contributed by atoms with Crippen molar-refractivity contribution in [2.45, 2.75) is 85.6 Å². The van der Waals surface area contributed by atoms with Crippen LogP contribution in [0, 0.1) is 0 Å². The van der Waals surface area contributed by atoms with Crippen LogP contribution in [0.3, 0.4) is 0 Å². The fourth-order valence-corrected chi connectivity index (χ4v) is 18.3. The van der Waals surface area contributed by atoms with E-state index in [9.17, 15) is 4.79 Å². The second kappa shape index (κ2) is 11.1. The number of aromatic nitrogens is 3. The molecule has 0 aliphatic carbocycles. The molecule has 0 saturated heterocycles. The molecule has 0 fully saturated rings. The normalized spacial score (nSPS) is 13.0. The van der Waals surface area contributed by atoms with Gasteiger partial charge in [0.2, 0.25) is 0 Å². The van der Waals surface area contributed by atoms with E-state index in [1.54, 1.807) is 4.68 Å². The van der Waals surface area contributed by atoms with E-state index in [4.69, 9.17) is 4.74 Å². The number of carbonyl (C=O) groups is 1. The van der Waals surface area contributed by atoms with Crippen molar-refractivity contribution in [2.75, 3.05) is 7.11 Å². The second-order valence-electron chi connectivity index (χ2n) is 6.87. The zero-order chi connectivity index (χ0) is 18.0.